The molecule has 3 aromatic carbocycles. The first-order chi connectivity index (χ1) is 19.1. The van der Waals surface area contributed by atoms with Crippen molar-refractivity contribution < 1.29 is 28.6 Å². The van der Waals surface area contributed by atoms with E-state index in [1.165, 1.54) is 23.1 Å². The number of ether oxygens (including phenoxy) is 2. The molecule has 0 saturated heterocycles. The molecule has 8 nitrogen and oxygen atoms in total. The van der Waals surface area contributed by atoms with Crippen molar-refractivity contribution in [3.05, 3.63) is 98.9 Å². The van der Waals surface area contributed by atoms with Gasteiger partial charge in [0.2, 0.25) is 0 Å². The largest absolute Gasteiger partial charge is 0.491 e. The van der Waals surface area contributed by atoms with Gasteiger partial charge in [0.25, 0.3) is 5.91 Å². The molecule has 0 spiro atoms. The van der Waals surface area contributed by atoms with Gasteiger partial charge in [0.15, 0.2) is 5.69 Å². The molecule has 0 saturated carbocycles. The summed E-state index contributed by atoms with van der Waals surface area (Å²) in [6.45, 7) is 3.90. The lowest BCUT2D eigenvalue weighted by Crippen LogP contribution is -2.35. The fourth-order valence-corrected chi connectivity index (χ4v) is 5.14. The van der Waals surface area contributed by atoms with E-state index in [1.807, 2.05) is 0 Å². The molecule has 0 atom stereocenters. The number of nitrogens with zero attached hydrogens (tertiary/aromatic N) is 3. The quantitative estimate of drug-likeness (QED) is 0.291. The van der Waals surface area contributed by atoms with Gasteiger partial charge in [-0.1, -0.05) is 29.8 Å². The highest BCUT2D eigenvalue weighted by Crippen LogP contribution is 2.40. The molecule has 40 heavy (non-hydrogen) atoms. The molecule has 4 aromatic rings. The highest BCUT2D eigenvalue weighted by Gasteiger charge is 2.31. The summed E-state index contributed by atoms with van der Waals surface area (Å²) in [4.78, 5) is 26.8. The zero-order chi connectivity index (χ0) is 28.6. The average molecular weight is 564 g/mol. The van der Waals surface area contributed by atoms with Crippen molar-refractivity contribution in [3.8, 4) is 22.8 Å². The first-order valence-electron chi connectivity index (χ1n) is 12.6. The second kappa shape index (κ2) is 11.0. The molecule has 0 aliphatic carbocycles. The SMILES string of the molecule is Cc1cc(C(=O)O)cc(C)c1OCCN(Cc1ccccc1F)C(=O)c1nn(C)c2c1COc1ccc(Cl)cc1-2. The van der Waals surface area contributed by atoms with Crippen LogP contribution >= 0.6 is 11.6 Å². The Bertz CT molecular complexity index is 1610. The standard InChI is InChI=1S/C30H27ClFN3O5/c1-17-12-20(30(37)38)13-18(2)28(17)39-11-10-35(15-19-6-4-5-7-24(19)32)29(36)26-23-16-40-25-9-8-21(31)14-22(25)27(23)34(3)33-26/h4-9,12-14H,10-11,15-16H2,1-3H3,(H,37,38). The monoisotopic (exact) mass is 563 g/mol. The van der Waals surface area contributed by atoms with Gasteiger partial charge in [0.1, 0.15) is 30.5 Å². The molecule has 5 rings (SSSR count). The molecule has 1 N–H and O–H groups in total. The van der Waals surface area contributed by atoms with E-state index in [0.29, 0.717) is 38.8 Å². The third-order valence-corrected chi connectivity index (χ3v) is 7.07. The molecular weight excluding hydrogens is 537 g/mol. The Labute approximate surface area is 235 Å². The lowest BCUT2D eigenvalue weighted by molar-refractivity contribution is 0.0689. The van der Waals surface area contributed by atoms with Gasteiger partial charge in [-0.2, -0.15) is 5.10 Å². The smallest absolute Gasteiger partial charge is 0.335 e. The number of amides is 1. The molecule has 206 valence electrons. The van der Waals surface area contributed by atoms with Crippen molar-refractivity contribution >= 4 is 23.5 Å². The van der Waals surface area contributed by atoms with E-state index in [1.54, 1.807) is 62.0 Å². The van der Waals surface area contributed by atoms with Gasteiger partial charge in [-0.3, -0.25) is 9.48 Å². The predicted octanol–water partition coefficient (Wildman–Crippen LogP) is 5.81. The number of hydrogen-bond acceptors (Lipinski definition) is 5. The van der Waals surface area contributed by atoms with E-state index in [0.717, 1.165) is 11.3 Å². The first kappa shape index (κ1) is 27.2. The van der Waals surface area contributed by atoms with Gasteiger partial charge in [-0.15, -0.1) is 0 Å². The number of hydrogen-bond donors (Lipinski definition) is 1. The number of aromatic nitrogens is 2. The Morgan fingerprint density at radius 3 is 2.58 bits per heavy atom. The Kier molecular flexibility index (Phi) is 7.49. The Balaban J connectivity index is 1.44. The van der Waals surface area contributed by atoms with E-state index >= 15 is 0 Å². The third kappa shape index (κ3) is 5.24. The summed E-state index contributed by atoms with van der Waals surface area (Å²) in [6, 6.07) is 14.7. The minimum atomic E-state index is -1.02. The summed E-state index contributed by atoms with van der Waals surface area (Å²) in [6.07, 6.45) is 0. The van der Waals surface area contributed by atoms with Crippen LogP contribution in [0.5, 0.6) is 11.5 Å². The Hall–Kier alpha value is -4.37. The second-order valence-corrected chi connectivity index (χ2v) is 10.1. The topological polar surface area (TPSA) is 93.9 Å². The van der Waals surface area contributed by atoms with E-state index in [2.05, 4.69) is 5.10 Å². The van der Waals surface area contributed by atoms with Gasteiger partial charge in [0, 0.05) is 35.3 Å². The van der Waals surface area contributed by atoms with Crippen molar-refractivity contribution in [2.75, 3.05) is 13.2 Å². The third-order valence-electron chi connectivity index (χ3n) is 6.84. The van der Waals surface area contributed by atoms with E-state index in [9.17, 15) is 19.1 Å². The van der Waals surface area contributed by atoms with E-state index in [4.69, 9.17) is 21.1 Å². The summed E-state index contributed by atoms with van der Waals surface area (Å²) in [5.41, 5.74) is 4.16. The van der Waals surface area contributed by atoms with Crippen molar-refractivity contribution in [3.63, 3.8) is 0 Å². The van der Waals surface area contributed by atoms with Crippen molar-refractivity contribution in [1.82, 2.24) is 14.7 Å². The first-order valence-corrected chi connectivity index (χ1v) is 13.0. The van der Waals surface area contributed by atoms with Crippen LogP contribution in [0.25, 0.3) is 11.3 Å². The fourth-order valence-electron chi connectivity index (χ4n) is 4.97. The fraction of sp³-hybridized carbons (Fsp3) is 0.233. The average Bonchev–Trinajstić information content (AvgIpc) is 3.26. The number of aromatic carboxylic acids is 1. The number of carbonyl (C=O) groups is 2. The molecule has 0 radical (unpaired) electrons. The van der Waals surface area contributed by atoms with Gasteiger partial charge < -0.3 is 19.5 Å². The number of fused-ring (bicyclic) bond motifs is 3. The van der Waals surface area contributed by atoms with Crippen LogP contribution < -0.4 is 9.47 Å². The summed E-state index contributed by atoms with van der Waals surface area (Å²) >= 11 is 6.24. The van der Waals surface area contributed by atoms with Crippen LogP contribution in [-0.4, -0.2) is 44.8 Å². The number of rotatable bonds is 8. The maximum absolute atomic E-state index is 14.6. The van der Waals surface area contributed by atoms with Crippen LogP contribution in [0.3, 0.4) is 0 Å². The number of benzene rings is 3. The number of carbonyl (C=O) groups excluding carboxylic acids is 1. The number of halogens is 2. The van der Waals surface area contributed by atoms with Gasteiger partial charge in [-0.05, 0) is 61.4 Å². The molecule has 10 heteroatoms. The molecule has 1 amide bonds. The lowest BCUT2D eigenvalue weighted by atomic mass is 10.0. The summed E-state index contributed by atoms with van der Waals surface area (Å²) in [5.74, 6) is -0.651. The van der Waals surface area contributed by atoms with Crippen LogP contribution in [-0.2, 0) is 20.2 Å². The summed E-state index contributed by atoms with van der Waals surface area (Å²) in [5, 5.41) is 14.4. The maximum Gasteiger partial charge on any atom is 0.335 e. The van der Waals surface area contributed by atoms with Crippen LogP contribution in [0.2, 0.25) is 5.02 Å². The van der Waals surface area contributed by atoms with Crippen molar-refractivity contribution in [2.45, 2.75) is 27.0 Å². The molecular formula is C30H27ClFN3O5. The van der Waals surface area contributed by atoms with E-state index in [-0.39, 0.29) is 37.6 Å². The lowest BCUT2D eigenvalue weighted by Gasteiger charge is -2.24. The van der Waals surface area contributed by atoms with Crippen molar-refractivity contribution in [1.29, 1.82) is 0 Å². The van der Waals surface area contributed by atoms with Crippen LogP contribution in [0, 0.1) is 19.7 Å². The van der Waals surface area contributed by atoms with Crippen LogP contribution in [0.1, 0.15) is 43.1 Å². The molecule has 1 aromatic heterocycles. The van der Waals surface area contributed by atoms with Gasteiger partial charge in [-0.25, -0.2) is 9.18 Å². The molecule has 1 aliphatic heterocycles. The normalized spacial score (nSPS) is 11.8. The van der Waals surface area contributed by atoms with Gasteiger partial charge >= 0.3 is 5.97 Å². The minimum Gasteiger partial charge on any atom is -0.491 e. The number of carboxylic acids is 1. The Morgan fingerprint density at radius 2 is 1.88 bits per heavy atom. The van der Waals surface area contributed by atoms with Crippen LogP contribution in [0.4, 0.5) is 4.39 Å². The maximum atomic E-state index is 14.6. The molecule has 0 unspecified atom stereocenters. The molecule has 1 aliphatic rings. The zero-order valence-corrected chi connectivity index (χ0v) is 23.0. The highest BCUT2D eigenvalue weighted by molar-refractivity contribution is 6.31. The number of aryl methyl sites for hydroxylation is 3. The number of carboxylic acid groups (broad SMARTS) is 1. The van der Waals surface area contributed by atoms with E-state index < -0.39 is 17.7 Å². The molecule has 2 heterocycles. The van der Waals surface area contributed by atoms with Crippen LogP contribution in [0.15, 0.2) is 54.6 Å². The summed E-state index contributed by atoms with van der Waals surface area (Å²) < 4.78 is 28.2. The highest BCUT2D eigenvalue weighted by atomic mass is 35.5. The van der Waals surface area contributed by atoms with Crippen molar-refractivity contribution in [2.24, 2.45) is 7.05 Å². The predicted molar refractivity (Wildman–Crippen MR) is 147 cm³/mol. The summed E-state index contributed by atoms with van der Waals surface area (Å²) in [7, 11) is 1.75. The zero-order valence-electron chi connectivity index (χ0n) is 22.2. The molecule has 0 bridgehead atoms. The minimum absolute atomic E-state index is 0.000592. The second-order valence-electron chi connectivity index (χ2n) is 9.64. The molecule has 0 fully saturated rings. The van der Waals surface area contributed by atoms with Gasteiger partial charge in [0.05, 0.1) is 17.8 Å². The Morgan fingerprint density at radius 1 is 1.15 bits per heavy atom.